The van der Waals surface area contributed by atoms with Gasteiger partial charge in [0.2, 0.25) is 0 Å². The largest absolute Gasteiger partial charge is 0.379 e. The van der Waals surface area contributed by atoms with E-state index in [1.54, 1.807) is 18.6 Å². The van der Waals surface area contributed by atoms with E-state index in [1.807, 2.05) is 24.3 Å². The number of nitrogens with one attached hydrogen (secondary N) is 1. The van der Waals surface area contributed by atoms with Gasteiger partial charge in [-0.25, -0.2) is 9.97 Å². The Hall–Kier alpha value is -2.20. The van der Waals surface area contributed by atoms with Gasteiger partial charge in [0.15, 0.2) is 0 Å². The molecule has 19 heavy (non-hydrogen) atoms. The molecule has 0 spiro atoms. The third-order valence-corrected chi connectivity index (χ3v) is 2.98. The molecule has 1 aromatic carbocycles. The first-order chi connectivity index (χ1) is 9.33. The van der Waals surface area contributed by atoms with E-state index in [4.69, 9.17) is 11.6 Å². The summed E-state index contributed by atoms with van der Waals surface area (Å²) in [4.78, 5) is 12.4. The number of nitrogens with zero attached hydrogens (tertiary/aromatic N) is 3. The molecule has 3 aromatic rings. The lowest BCUT2D eigenvalue weighted by molar-refractivity contribution is 1.05. The highest BCUT2D eigenvalue weighted by molar-refractivity contribution is 6.31. The van der Waals surface area contributed by atoms with Crippen LogP contribution in [0.1, 0.15) is 5.56 Å². The first-order valence-electron chi connectivity index (χ1n) is 5.85. The second-order valence-electron chi connectivity index (χ2n) is 4.13. The van der Waals surface area contributed by atoms with Gasteiger partial charge in [-0.1, -0.05) is 17.7 Å². The summed E-state index contributed by atoms with van der Waals surface area (Å²) in [6.07, 6.45) is 6.84. The molecule has 1 N–H and O–H groups in total. The normalized spacial score (nSPS) is 10.6. The van der Waals surface area contributed by atoms with Crippen LogP contribution in [0.4, 0.5) is 5.69 Å². The average molecular weight is 271 g/mol. The maximum Gasteiger partial charge on any atom is 0.115 e. The van der Waals surface area contributed by atoms with Crippen molar-refractivity contribution in [2.75, 3.05) is 5.32 Å². The molecular weight excluding hydrogens is 260 g/mol. The minimum Gasteiger partial charge on any atom is -0.379 e. The summed E-state index contributed by atoms with van der Waals surface area (Å²) in [5.41, 5.74) is 2.82. The molecule has 0 radical (unpaired) electrons. The molecule has 0 aliphatic heterocycles. The fourth-order valence-corrected chi connectivity index (χ4v) is 2.14. The summed E-state index contributed by atoms with van der Waals surface area (Å²) in [6, 6.07) is 7.67. The van der Waals surface area contributed by atoms with Crippen LogP contribution in [-0.2, 0) is 6.54 Å². The van der Waals surface area contributed by atoms with Crippen LogP contribution in [0.3, 0.4) is 0 Å². The van der Waals surface area contributed by atoms with Crippen LogP contribution in [-0.4, -0.2) is 15.0 Å². The van der Waals surface area contributed by atoms with Crippen LogP contribution in [0.15, 0.2) is 49.2 Å². The molecule has 3 rings (SSSR count). The number of hydrogen-bond donors (Lipinski definition) is 1. The Labute approximate surface area is 115 Å². The van der Waals surface area contributed by atoms with E-state index in [2.05, 4.69) is 20.3 Å². The highest BCUT2D eigenvalue weighted by atomic mass is 35.5. The maximum absolute atomic E-state index is 6.11. The molecule has 2 heterocycles. The molecule has 94 valence electrons. The number of rotatable bonds is 3. The van der Waals surface area contributed by atoms with E-state index in [0.29, 0.717) is 11.6 Å². The predicted octanol–water partition coefficient (Wildman–Crippen LogP) is 3.29. The van der Waals surface area contributed by atoms with E-state index in [9.17, 15) is 0 Å². The van der Waals surface area contributed by atoms with Crippen molar-refractivity contribution in [1.82, 2.24) is 15.0 Å². The van der Waals surface area contributed by atoms with Crippen molar-refractivity contribution in [3.8, 4) is 0 Å². The SMILES string of the molecule is Clc1cc(NCc2cncnc2)c2ncccc2c1. The van der Waals surface area contributed by atoms with E-state index in [1.165, 1.54) is 6.33 Å². The van der Waals surface area contributed by atoms with Gasteiger partial charge in [0.1, 0.15) is 6.33 Å². The summed E-state index contributed by atoms with van der Waals surface area (Å²) in [5.74, 6) is 0. The number of hydrogen-bond acceptors (Lipinski definition) is 4. The van der Waals surface area contributed by atoms with E-state index < -0.39 is 0 Å². The molecule has 0 aliphatic carbocycles. The van der Waals surface area contributed by atoms with Crippen molar-refractivity contribution >= 4 is 28.2 Å². The van der Waals surface area contributed by atoms with Gasteiger partial charge in [-0.3, -0.25) is 4.98 Å². The summed E-state index contributed by atoms with van der Waals surface area (Å²) in [6.45, 7) is 0.632. The minimum atomic E-state index is 0.632. The van der Waals surface area contributed by atoms with Crippen molar-refractivity contribution in [1.29, 1.82) is 0 Å². The van der Waals surface area contributed by atoms with Crippen LogP contribution in [0.25, 0.3) is 10.9 Å². The lowest BCUT2D eigenvalue weighted by atomic mass is 10.2. The molecule has 5 heteroatoms. The number of benzene rings is 1. The van der Waals surface area contributed by atoms with Gasteiger partial charge in [0, 0.05) is 41.1 Å². The number of pyridine rings is 1. The van der Waals surface area contributed by atoms with Gasteiger partial charge in [-0.2, -0.15) is 0 Å². The standard InChI is InChI=1S/C14H11ClN4/c15-12-4-11-2-1-3-18-14(11)13(5-12)19-8-10-6-16-9-17-7-10/h1-7,9,19H,8H2. The molecule has 0 aliphatic rings. The zero-order valence-electron chi connectivity index (χ0n) is 10.0. The molecule has 0 saturated carbocycles. The lowest BCUT2D eigenvalue weighted by Gasteiger charge is -2.09. The van der Waals surface area contributed by atoms with E-state index >= 15 is 0 Å². The molecule has 0 atom stereocenters. The van der Waals surface area contributed by atoms with Gasteiger partial charge >= 0.3 is 0 Å². The van der Waals surface area contributed by atoms with Crippen molar-refractivity contribution in [3.05, 3.63) is 59.8 Å². The zero-order valence-corrected chi connectivity index (χ0v) is 10.8. The first kappa shape index (κ1) is 11.9. The molecule has 4 nitrogen and oxygen atoms in total. The molecule has 0 unspecified atom stereocenters. The Bertz CT molecular complexity index is 700. The van der Waals surface area contributed by atoms with Crippen LogP contribution in [0.2, 0.25) is 5.02 Å². The highest BCUT2D eigenvalue weighted by Crippen LogP contribution is 2.26. The number of halogens is 1. The van der Waals surface area contributed by atoms with E-state index in [-0.39, 0.29) is 0 Å². The first-order valence-corrected chi connectivity index (χ1v) is 6.23. The summed E-state index contributed by atoms with van der Waals surface area (Å²) >= 11 is 6.11. The van der Waals surface area contributed by atoms with Crippen LogP contribution in [0.5, 0.6) is 0 Å². The third kappa shape index (κ3) is 2.63. The fourth-order valence-electron chi connectivity index (χ4n) is 1.91. The van der Waals surface area contributed by atoms with Gasteiger partial charge in [0.25, 0.3) is 0 Å². The van der Waals surface area contributed by atoms with Crippen molar-refractivity contribution in [2.45, 2.75) is 6.54 Å². The van der Waals surface area contributed by atoms with Gasteiger partial charge in [-0.15, -0.1) is 0 Å². The quantitative estimate of drug-likeness (QED) is 0.793. The lowest BCUT2D eigenvalue weighted by Crippen LogP contribution is -2.01. The summed E-state index contributed by atoms with van der Waals surface area (Å²) in [5, 5.41) is 5.02. The Kier molecular flexibility index (Phi) is 3.25. The zero-order chi connectivity index (χ0) is 13.1. The Morgan fingerprint density at radius 3 is 2.84 bits per heavy atom. The number of fused-ring (bicyclic) bond motifs is 1. The smallest absolute Gasteiger partial charge is 0.115 e. The van der Waals surface area contributed by atoms with Crippen LogP contribution >= 0.6 is 11.6 Å². The average Bonchev–Trinajstić information content (AvgIpc) is 2.45. The Morgan fingerprint density at radius 2 is 2.00 bits per heavy atom. The van der Waals surface area contributed by atoms with Gasteiger partial charge in [0.05, 0.1) is 11.2 Å². The van der Waals surface area contributed by atoms with Gasteiger partial charge < -0.3 is 5.32 Å². The maximum atomic E-state index is 6.11. The number of anilines is 1. The Morgan fingerprint density at radius 1 is 1.16 bits per heavy atom. The highest BCUT2D eigenvalue weighted by Gasteiger charge is 2.04. The molecular formula is C14H11ClN4. The monoisotopic (exact) mass is 270 g/mol. The molecule has 2 aromatic heterocycles. The molecule has 0 bridgehead atoms. The summed E-state index contributed by atoms with van der Waals surface area (Å²) < 4.78 is 0. The molecule has 0 amide bonds. The minimum absolute atomic E-state index is 0.632. The third-order valence-electron chi connectivity index (χ3n) is 2.77. The van der Waals surface area contributed by atoms with Crippen LogP contribution in [0, 0.1) is 0 Å². The molecule has 0 saturated heterocycles. The second-order valence-corrected chi connectivity index (χ2v) is 4.57. The topological polar surface area (TPSA) is 50.7 Å². The van der Waals surface area contributed by atoms with E-state index in [0.717, 1.165) is 22.2 Å². The number of aromatic nitrogens is 3. The Balaban J connectivity index is 1.92. The second kappa shape index (κ2) is 5.20. The fraction of sp³-hybridized carbons (Fsp3) is 0.0714. The van der Waals surface area contributed by atoms with Crippen molar-refractivity contribution in [3.63, 3.8) is 0 Å². The predicted molar refractivity (Wildman–Crippen MR) is 76.1 cm³/mol. The van der Waals surface area contributed by atoms with Crippen molar-refractivity contribution in [2.24, 2.45) is 0 Å². The van der Waals surface area contributed by atoms with Gasteiger partial charge in [-0.05, 0) is 18.2 Å². The van der Waals surface area contributed by atoms with Crippen molar-refractivity contribution < 1.29 is 0 Å². The van der Waals surface area contributed by atoms with Crippen LogP contribution < -0.4 is 5.32 Å². The summed E-state index contributed by atoms with van der Waals surface area (Å²) in [7, 11) is 0. The molecule has 0 fully saturated rings.